The van der Waals surface area contributed by atoms with Gasteiger partial charge in [-0.15, -0.1) is 0 Å². The molecule has 1 fully saturated rings. The summed E-state index contributed by atoms with van der Waals surface area (Å²) in [5.74, 6) is -0.849. The van der Waals surface area contributed by atoms with Gasteiger partial charge in [0.05, 0.1) is 12.3 Å². The number of cyclic esters (lactones) is 1. The van der Waals surface area contributed by atoms with Gasteiger partial charge in [0, 0.05) is 11.4 Å². The van der Waals surface area contributed by atoms with Crippen molar-refractivity contribution < 1.29 is 32.6 Å². The minimum Gasteiger partial charge on any atom is -0.490 e. The van der Waals surface area contributed by atoms with Crippen LogP contribution in [0.3, 0.4) is 0 Å². The van der Waals surface area contributed by atoms with Crippen molar-refractivity contribution in [1.29, 1.82) is 5.41 Å². The van der Waals surface area contributed by atoms with E-state index >= 15 is 0 Å². The number of nitrogens with zero attached hydrogens (tertiary/aromatic N) is 1. The molecule has 1 amide bonds. The van der Waals surface area contributed by atoms with Crippen LogP contribution in [0.5, 0.6) is 5.75 Å². The fraction of sp³-hybridized carbons (Fsp3) is 0.464. The predicted molar refractivity (Wildman–Crippen MR) is 151 cm³/mol. The Balaban J connectivity index is 0.00000170. The smallest absolute Gasteiger partial charge is 0.414 e. The van der Waals surface area contributed by atoms with E-state index in [1.807, 2.05) is 6.92 Å². The highest BCUT2D eigenvalue weighted by Crippen LogP contribution is 2.23. The van der Waals surface area contributed by atoms with Crippen LogP contribution in [0.2, 0.25) is 0 Å². The molecular weight excluding hydrogens is 522 g/mol. The average Bonchev–Trinajstić information content (AvgIpc) is 3.27. The van der Waals surface area contributed by atoms with E-state index in [1.165, 1.54) is 11.3 Å². The molecule has 11 heteroatoms. The summed E-state index contributed by atoms with van der Waals surface area (Å²) in [7, 11) is -3.68. The van der Waals surface area contributed by atoms with Crippen molar-refractivity contribution in [3.05, 3.63) is 59.7 Å². The topological polar surface area (TPSA) is 146 Å². The Kier molecular flexibility index (Phi) is 12.4. The number of aliphatic carboxylic acids is 1. The van der Waals surface area contributed by atoms with E-state index in [1.54, 1.807) is 55.5 Å². The van der Waals surface area contributed by atoms with Crippen molar-refractivity contribution in [2.24, 2.45) is 0 Å². The highest BCUT2D eigenvalue weighted by atomic mass is 32.2. The summed E-state index contributed by atoms with van der Waals surface area (Å²) in [4.78, 5) is 25.4. The van der Waals surface area contributed by atoms with Crippen molar-refractivity contribution in [3.63, 3.8) is 0 Å². The Morgan fingerprint density at radius 3 is 2.31 bits per heavy atom. The van der Waals surface area contributed by atoms with Gasteiger partial charge >= 0.3 is 12.1 Å². The van der Waals surface area contributed by atoms with E-state index in [0.717, 1.165) is 5.56 Å². The van der Waals surface area contributed by atoms with Gasteiger partial charge in [0.1, 0.15) is 18.4 Å². The van der Waals surface area contributed by atoms with Crippen LogP contribution in [0.1, 0.15) is 58.1 Å². The first-order chi connectivity index (χ1) is 18.5. The van der Waals surface area contributed by atoms with Crippen molar-refractivity contribution >= 4 is 33.5 Å². The van der Waals surface area contributed by atoms with E-state index in [2.05, 4.69) is 18.6 Å². The Labute approximate surface area is 230 Å². The van der Waals surface area contributed by atoms with Crippen LogP contribution in [0.15, 0.2) is 48.5 Å². The monoisotopic (exact) mass is 561 g/mol. The maximum absolute atomic E-state index is 12.3. The van der Waals surface area contributed by atoms with Crippen LogP contribution in [0, 0.1) is 5.41 Å². The number of sulfonamides is 1. The second kappa shape index (κ2) is 15.2. The van der Waals surface area contributed by atoms with Gasteiger partial charge in [0.2, 0.25) is 10.0 Å². The fourth-order valence-corrected chi connectivity index (χ4v) is 5.05. The lowest BCUT2D eigenvalue weighted by Crippen LogP contribution is -2.43. The Morgan fingerprint density at radius 1 is 1.15 bits per heavy atom. The molecule has 1 aliphatic rings. The number of carboxylic acid groups (broad SMARTS) is 1. The molecule has 3 N–H and O–H groups in total. The molecule has 2 aromatic rings. The molecule has 10 nitrogen and oxygen atoms in total. The summed E-state index contributed by atoms with van der Waals surface area (Å²) >= 11 is 0. The molecule has 0 aromatic heterocycles. The first-order valence-corrected chi connectivity index (χ1v) is 14.7. The molecule has 0 radical (unpaired) electrons. The van der Waals surface area contributed by atoms with Crippen LogP contribution >= 0.6 is 0 Å². The van der Waals surface area contributed by atoms with Crippen molar-refractivity contribution in [2.75, 3.05) is 23.8 Å². The van der Waals surface area contributed by atoms with Crippen molar-refractivity contribution in [2.45, 2.75) is 65.5 Å². The number of carbonyl (C=O) groups is 2. The van der Waals surface area contributed by atoms with Gasteiger partial charge in [-0.3, -0.25) is 9.69 Å². The highest BCUT2D eigenvalue weighted by Gasteiger charge is 2.33. The van der Waals surface area contributed by atoms with Gasteiger partial charge in [-0.05, 0) is 55.2 Å². The molecule has 1 saturated heterocycles. The van der Waals surface area contributed by atoms with E-state index in [0.29, 0.717) is 42.1 Å². The van der Waals surface area contributed by atoms with Crippen LogP contribution in [0.4, 0.5) is 10.5 Å². The maximum Gasteiger partial charge on any atom is 0.414 e. The predicted octanol–water partition coefficient (Wildman–Crippen LogP) is 4.61. The van der Waals surface area contributed by atoms with Gasteiger partial charge in [0.15, 0.2) is 6.10 Å². The first kappa shape index (κ1) is 31.8. The Morgan fingerprint density at radius 2 is 1.77 bits per heavy atom. The quantitative estimate of drug-likeness (QED) is 0.303. The SMILES string of the molecule is CCC.CCCCS(=O)(=O)NC(Cc1ccc(OCC2CN(c3ccc(C(C)=N)cc3)C(=O)O2)cc1)C(=O)O. The minimum absolute atomic E-state index is 0.00748. The number of carboxylic acids is 1. The number of anilines is 1. The summed E-state index contributed by atoms with van der Waals surface area (Å²) in [5.41, 5.74) is 2.53. The van der Waals surface area contributed by atoms with Crippen molar-refractivity contribution in [3.8, 4) is 5.75 Å². The van der Waals surface area contributed by atoms with E-state index < -0.39 is 34.2 Å². The molecule has 1 aliphatic heterocycles. The second-order valence-corrected chi connectivity index (χ2v) is 11.2. The maximum atomic E-state index is 12.3. The summed E-state index contributed by atoms with van der Waals surface area (Å²) in [5, 5.41) is 17.1. The van der Waals surface area contributed by atoms with Gasteiger partial charge in [-0.1, -0.05) is 57.9 Å². The zero-order valence-electron chi connectivity index (χ0n) is 23.0. The summed E-state index contributed by atoms with van der Waals surface area (Å²) in [6.07, 6.45) is 1.44. The van der Waals surface area contributed by atoms with Crippen LogP contribution in [0.25, 0.3) is 0 Å². The average molecular weight is 562 g/mol. The number of hydrogen-bond acceptors (Lipinski definition) is 7. The molecule has 39 heavy (non-hydrogen) atoms. The lowest BCUT2D eigenvalue weighted by atomic mass is 10.1. The molecular formula is C28H39N3O7S. The van der Waals surface area contributed by atoms with Crippen LogP contribution < -0.4 is 14.4 Å². The fourth-order valence-electron chi connectivity index (χ4n) is 3.65. The minimum atomic E-state index is -3.68. The van der Waals surface area contributed by atoms with Gasteiger partial charge in [-0.25, -0.2) is 17.9 Å². The zero-order valence-corrected chi connectivity index (χ0v) is 23.8. The summed E-state index contributed by atoms with van der Waals surface area (Å²) in [6, 6.07) is 12.5. The van der Waals surface area contributed by atoms with Gasteiger partial charge in [-0.2, -0.15) is 0 Å². The number of carbonyl (C=O) groups excluding carboxylic acids is 1. The Bertz CT molecular complexity index is 1200. The normalized spacial score (nSPS) is 15.6. The number of unbranched alkanes of at least 4 members (excludes halogenated alkanes) is 1. The van der Waals surface area contributed by atoms with E-state index in [9.17, 15) is 23.1 Å². The molecule has 0 bridgehead atoms. The molecule has 0 saturated carbocycles. The zero-order chi connectivity index (χ0) is 29.0. The molecule has 2 aromatic carbocycles. The van der Waals surface area contributed by atoms with E-state index in [4.69, 9.17) is 14.9 Å². The lowest BCUT2D eigenvalue weighted by molar-refractivity contribution is -0.138. The second-order valence-electron chi connectivity index (χ2n) is 9.34. The third-order valence-electron chi connectivity index (χ3n) is 5.67. The molecule has 3 rings (SSSR count). The standard InChI is InChI=1S/C25H31N3O7S.C3H8/c1-3-4-13-36(32,33)27-23(24(29)30)14-18-5-11-21(12-6-18)34-16-22-15-28(25(31)35-22)20-9-7-19(8-10-20)17(2)26;1-3-2/h5-12,22-23,26-27H,3-4,13-16H2,1-2H3,(H,29,30);3H2,1-2H3. The number of ether oxygens (including phenoxy) is 2. The third kappa shape index (κ3) is 10.3. The summed E-state index contributed by atoms with van der Waals surface area (Å²) in [6.45, 7) is 8.26. The molecule has 0 spiro atoms. The number of benzene rings is 2. The van der Waals surface area contributed by atoms with Crippen LogP contribution in [-0.2, 0) is 26.0 Å². The molecule has 2 atom stereocenters. The molecule has 214 valence electrons. The molecule has 2 unspecified atom stereocenters. The van der Waals surface area contributed by atoms with Gasteiger partial charge in [0.25, 0.3) is 0 Å². The number of nitrogens with one attached hydrogen (secondary N) is 2. The first-order valence-electron chi connectivity index (χ1n) is 13.1. The van der Waals surface area contributed by atoms with Crippen LogP contribution in [-0.4, -0.2) is 62.3 Å². The largest absolute Gasteiger partial charge is 0.490 e. The molecule has 0 aliphatic carbocycles. The Hall–Kier alpha value is -3.44. The highest BCUT2D eigenvalue weighted by molar-refractivity contribution is 7.89. The summed E-state index contributed by atoms with van der Waals surface area (Å²) < 4.78 is 37.6. The lowest BCUT2D eigenvalue weighted by Gasteiger charge is -2.15. The van der Waals surface area contributed by atoms with Gasteiger partial charge < -0.3 is 20.0 Å². The number of amides is 1. The number of hydrogen-bond donors (Lipinski definition) is 3. The molecule has 1 heterocycles. The third-order valence-corrected chi connectivity index (χ3v) is 7.14. The number of rotatable bonds is 13. The van der Waals surface area contributed by atoms with Crippen molar-refractivity contribution in [1.82, 2.24) is 4.72 Å². The van der Waals surface area contributed by atoms with E-state index in [-0.39, 0.29) is 18.8 Å².